The Morgan fingerprint density at radius 3 is 2.94 bits per heavy atom. The minimum atomic E-state index is 0. The molecule has 0 saturated carbocycles. The van der Waals surface area contributed by atoms with Gasteiger partial charge in [0.05, 0.1) is 11.2 Å². The number of halogens is 1. The third-order valence-corrected chi connectivity index (χ3v) is 3.49. The van der Waals surface area contributed by atoms with E-state index >= 15 is 0 Å². The highest BCUT2D eigenvalue weighted by atomic mass is 35.5. The third-order valence-electron chi connectivity index (χ3n) is 3.49. The molecule has 0 bridgehead atoms. The second-order valence-corrected chi connectivity index (χ2v) is 4.57. The van der Waals surface area contributed by atoms with Crippen molar-refractivity contribution in [1.29, 1.82) is 0 Å². The number of anilines is 1. The number of aromatic nitrogens is 1. The first-order valence-corrected chi connectivity index (χ1v) is 6.21. The molecule has 1 aromatic heterocycles. The molecule has 0 atom stereocenters. The predicted molar refractivity (Wildman–Crippen MR) is 78.0 cm³/mol. The molecule has 2 N–H and O–H groups in total. The van der Waals surface area contributed by atoms with Crippen molar-refractivity contribution in [1.82, 2.24) is 4.98 Å². The van der Waals surface area contributed by atoms with Crippen molar-refractivity contribution in [2.45, 2.75) is 26.2 Å². The number of aromatic amines is 1. The van der Waals surface area contributed by atoms with Gasteiger partial charge in [-0.05, 0) is 30.9 Å². The Morgan fingerprint density at radius 1 is 1.33 bits per heavy atom. The van der Waals surface area contributed by atoms with Crippen molar-refractivity contribution in [2.24, 2.45) is 0 Å². The quantitative estimate of drug-likeness (QED) is 0.832. The van der Waals surface area contributed by atoms with E-state index in [9.17, 15) is 4.79 Å². The lowest BCUT2D eigenvalue weighted by atomic mass is 10.0. The Bertz CT molecular complexity index is 633. The summed E-state index contributed by atoms with van der Waals surface area (Å²) in [6.45, 7) is 3.08. The van der Waals surface area contributed by atoms with Gasteiger partial charge in [-0.2, -0.15) is 0 Å². The molecule has 4 heteroatoms. The second-order valence-electron chi connectivity index (χ2n) is 4.57. The zero-order valence-corrected chi connectivity index (χ0v) is 11.2. The van der Waals surface area contributed by atoms with Crippen LogP contribution in [0.4, 0.5) is 5.69 Å². The molecule has 1 aromatic carbocycles. The van der Waals surface area contributed by atoms with Crippen LogP contribution in [0.25, 0.3) is 10.9 Å². The average molecular weight is 265 g/mol. The number of fused-ring (bicyclic) bond motifs is 3. The van der Waals surface area contributed by atoms with Gasteiger partial charge in [-0.25, -0.2) is 0 Å². The lowest BCUT2D eigenvalue weighted by Gasteiger charge is -2.19. The fraction of sp³-hybridized carbons (Fsp3) is 0.357. The Balaban J connectivity index is 0.00000120. The van der Waals surface area contributed by atoms with Gasteiger partial charge in [-0.1, -0.05) is 19.1 Å². The highest BCUT2D eigenvalue weighted by Gasteiger charge is 2.15. The van der Waals surface area contributed by atoms with Gasteiger partial charge >= 0.3 is 0 Å². The third kappa shape index (κ3) is 1.99. The molecule has 0 aliphatic carbocycles. The number of nitrogens with one attached hydrogen (secondary N) is 2. The van der Waals surface area contributed by atoms with Crippen LogP contribution in [0, 0.1) is 0 Å². The molecule has 0 unspecified atom stereocenters. The Kier molecular flexibility index (Phi) is 3.62. The molecule has 1 aliphatic heterocycles. The van der Waals surface area contributed by atoms with Crippen molar-refractivity contribution in [3.8, 4) is 0 Å². The van der Waals surface area contributed by atoms with Crippen molar-refractivity contribution in [3.63, 3.8) is 0 Å². The summed E-state index contributed by atoms with van der Waals surface area (Å²) in [6, 6.07) is 6.33. The van der Waals surface area contributed by atoms with E-state index in [4.69, 9.17) is 0 Å². The largest absolute Gasteiger partial charge is 0.384 e. The van der Waals surface area contributed by atoms with E-state index < -0.39 is 0 Å². The van der Waals surface area contributed by atoms with E-state index in [-0.39, 0.29) is 18.0 Å². The standard InChI is InChI=1S/C14H16N2O.ClH/c1-2-9-5-6-10-12(8-9)16-14(17)11-4-3-7-15-13(10)11;/h5-6,8,15H,2-4,7H2,1H3,(H,16,17);1H. The Labute approximate surface area is 112 Å². The minimum absolute atomic E-state index is 0. The Morgan fingerprint density at radius 2 is 2.17 bits per heavy atom. The van der Waals surface area contributed by atoms with Crippen LogP contribution in [-0.4, -0.2) is 11.5 Å². The topological polar surface area (TPSA) is 44.9 Å². The van der Waals surface area contributed by atoms with Crippen LogP contribution in [0.3, 0.4) is 0 Å². The summed E-state index contributed by atoms with van der Waals surface area (Å²) >= 11 is 0. The van der Waals surface area contributed by atoms with E-state index in [1.807, 2.05) is 0 Å². The van der Waals surface area contributed by atoms with E-state index in [1.165, 1.54) is 5.56 Å². The van der Waals surface area contributed by atoms with Crippen LogP contribution < -0.4 is 10.9 Å². The van der Waals surface area contributed by atoms with Gasteiger partial charge in [-0.3, -0.25) is 4.79 Å². The van der Waals surface area contributed by atoms with E-state index in [1.54, 1.807) is 0 Å². The molecule has 0 fully saturated rings. The first-order chi connectivity index (χ1) is 8.29. The zero-order valence-electron chi connectivity index (χ0n) is 10.4. The van der Waals surface area contributed by atoms with Gasteiger partial charge in [0.1, 0.15) is 0 Å². The second kappa shape index (κ2) is 5.02. The van der Waals surface area contributed by atoms with Gasteiger partial charge < -0.3 is 10.3 Å². The van der Waals surface area contributed by atoms with Crippen LogP contribution in [0.1, 0.15) is 24.5 Å². The first kappa shape index (κ1) is 13.0. The number of rotatable bonds is 1. The number of aryl methyl sites for hydroxylation is 1. The lowest BCUT2D eigenvalue weighted by molar-refractivity contribution is 0.820. The van der Waals surface area contributed by atoms with Crippen molar-refractivity contribution < 1.29 is 0 Å². The summed E-state index contributed by atoms with van der Waals surface area (Å²) in [6.07, 6.45) is 2.90. The smallest absolute Gasteiger partial charge is 0.253 e. The number of hydrogen-bond donors (Lipinski definition) is 2. The maximum absolute atomic E-state index is 12.0. The zero-order chi connectivity index (χ0) is 11.8. The van der Waals surface area contributed by atoms with Crippen LogP contribution in [0.15, 0.2) is 23.0 Å². The molecular weight excluding hydrogens is 248 g/mol. The average Bonchev–Trinajstić information content (AvgIpc) is 2.38. The predicted octanol–water partition coefficient (Wildman–Crippen LogP) is 2.87. The highest BCUT2D eigenvalue weighted by Crippen LogP contribution is 2.27. The number of hydrogen-bond acceptors (Lipinski definition) is 2. The maximum Gasteiger partial charge on any atom is 0.253 e. The highest BCUT2D eigenvalue weighted by molar-refractivity contribution is 5.93. The molecule has 0 radical (unpaired) electrons. The van der Waals surface area contributed by atoms with Gasteiger partial charge in [0, 0.05) is 17.5 Å². The van der Waals surface area contributed by atoms with Crippen molar-refractivity contribution >= 4 is 29.0 Å². The van der Waals surface area contributed by atoms with Gasteiger partial charge in [-0.15, -0.1) is 12.4 Å². The lowest BCUT2D eigenvalue weighted by Crippen LogP contribution is -2.22. The summed E-state index contributed by atoms with van der Waals surface area (Å²) in [4.78, 5) is 15.0. The van der Waals surface area contributed by atoms with E-state index in [0.717, 1.165) is 48.0 Å². The summed E-state index contributed by atoms with van der Waals surface area (Å²) < 4.78 is 0. The van der Waals surface area contributed by atoms with Crippen LogP contribution in [-0.2, 0) is 12.8 Å². The monoisotopic (exact) mass is 264 g/mol. The molecule has 0 saturated heterocycles. The fourth-order valence-electron chi connectivity index (χ4n) is 2.53. The molecule has 18 heavy (non-hydrogen) atoms. The summed E-state index contributed by atoms with van der Waals surface area (Å²) in [5.41, 5.74) is 4.21. The normalized spacial score (nSPS) is 13.6. The fourth-order valence-corrected chi connectivity index (χ4v) is 2.53. The van der Waals surface area contributed by atoms with Crippen molar-refractivity contribution in [3.05, 3.63) is 39.7 Å². The van der Waals surface area contributed by atoms with Crippen LogP contribution in [0.5, 0.6) is 0 Å². The number of benzene rings is 1. The van der Waals surface area contributed by atoms with E-state index in [0.29, 0.717) is 0 Å². The molecule has 0 spiro atoms. The summed E-state index contributed by atoms with van der Waals surface area (Å²) in [5, 5.41) is 4.50. The minimum Gasteiger partial charge on any atom is -0.384 e. The van der Waals surface area contributed by atoms with E-state index in [2.05, 4.69) is 35.4 Å². The molecule has 3 nitrogen and oxygen atoms in total. The maximum atomic E-state index is 12.0. The molecule has 0 amide bonds. The molecule has 3 rings (SSSR count). The van der Waals surface area contributed by atoms with Crippen LogP contribution >= 0.6 is 12.4 Å². The molecule has 2 heterocycles. The first-order valence-electron chi connectivity index (χ1n) is 6.21. The molecule has 96 valence electrons. The van der Waals surface area contributed by atoms with Crippen LogP contribution in [0.2, 0.25) is 0 Å². The number of H-pyrrole nitrogens is 1. The number of pyridine rings is 1. The molecule has 2 aromatic rings. The van der Waals surface area contributed by atoms with Gasteiger partial charge in [0.2, 0.25) is 0 Å². The molecular formula is C14H17ClN2O. The van der Waals surface area contributed by atoms with Gasteiger partial charge in [0.15, 0.2) is 0 Å². The molecule has 1 aliphatic rings. The Hall–Kier alpha value is -1.48. The summed E-state index contributed by atoms with van der Waals surface area (Å²) in [5.74, 6) is 0. The summed E-state index contributed by atoms with van der Waals surface area (Å²) in [7, 11) is 0. The van der Waals surface area contributed by atoms with Gasteiger partial charge in [0.25, 0.3) is 5.56 Å². The SMILES string of the molecule is CCc1ccc2c3c(c(=O)[nH]c2c1)CCCN3.Cl. The van der Waals surface area contributed by atoms with Crippen molar-refractivity contribution in [2.75, 3.05) is 11.9 Å².